The van der Waals surface area contributed by atoms with Gasteiger partial charge in [0.25, 0.3) is 0 Å². The van der Waals surface area contributed by atoms with Gasteiger partial charge in [-0.15, -0.1) is 0 Å². The summed E-state index contributed by atoms with van der Waals surface area (Å²) in [5.74, 6) is -0.376. The zero-order valence-corrected chi connectivity index (χ0v) is 35.6. The predicted molar refractivity (Wildman–Crippen MR) is 224 cm³/mol. The first-order valence-electron chi connectivity index (χ1n) is 23.6. The zero-order chi connectivity index (χ0) is 37.8. The lowest BCUT2D eigenvalue weighted by atomic mass is 10.0. The second-order valence-electron chi connectivity index (χ2n) is 16.0. The van der Waals surface area contributed by atoms with Crippen LogP contribution in [0.4, 0.5) is 0 Å². The minimum absolute atomic E-state index is 0.0969. The number of hydrogen-bond donors (Lipinski definition) is 0. The molecule has 0 aromatic carbocycles. The van der Waals surface area contributed by atoms with E-state index < -0.39 is 6.10 Å². The standard InChI is InChI=1S/C47H92O5/c1-4-7-10-13-16-19-22-24-26-28-31-34-37-40-46(48)51-44-45(43-50-42-39-36-33-30-21-18-15-12-9-6-3)52-47(49)41-38-35-32-29-27-25-23-20-17-14-11-8-5-2/h45H,4-44H2,1-3H3. The summed E-state index contributed by atoms with van der Waals surface area (Å²) in [4.78, 5) is 25.2. The molecular formula is C47H92O5. The molecule has 5 nitrogen and oxygen atoms in total. The van der Waals surface area contributed by atoms with E-state index in [0.29, 0.717) is 26.1 Å². The second kappa shape index (κ2) is 44.3. The van der Waals surface area contributed by atoms with Gasteiger partial charge >= 0.3 is 11.9 Å². The van der Waals surface area contributed by atoms with E-state index >= 15 is 0 Å². The lowest BCUT2D eigenvalue weighted by molar-refractivity contribution is -0.163. The molecule has 0 fully saturated rings. The lowest BCUT2D eigenvalue weighted by Crippen LogP contribution is -2.30. The molecule has 0 heterocycles. The van der Waals surface area contributed by atoms with E-state index in [0.717, 1.165) is 32.1 Å². The smallest absolute Gasteiger partial charge is 0.306 e. The van der Waals surface area contributed by atoms with Crippen LogP contribution in [0.25, 0.3) is 0 Å². The van der Waals surface area contributed by atoms with E-state index in [1.54, 1.807) is 0 Å². The molecule has 0 saturated heterocycles. The third-order valence-electron chi connectivity index (χ3n) is 10.6. The Morgan fingerprint density at radius 1 is 0.346 bits per heavy atom. The Bertz CT molecular complexity index is 710. The van der Waals surface area contributed by atoms with Crippen LogP contribution in [0.15, 0.2) is 0 Å². The van der Waals surface area contributed by atoms with Crippen LogP contribution in [0.2, 0.25) is 0 Å². The topological polar surface area (TPSA) is 61.8 Å². The van der Waals surface area contributed by atoms with Crippen LogP contribution in [0.5, 0.6) is 0 Å². The summed E-state index contributed by atoms with van der Waals surface area (Å²) in [6, 6.07) is 0. The maximum Gasteiger partial charge on any atom is 0.306 e. The molecule has 0 amide bonds. The number of ether oxygens (including phenoxy) is 3. The van der Waals surface area contributed by atoms with Gasteiger partial charge in [0.2, 0.25) is 0 Å². The molecule has 0 aliphatic heterocycles. The van der Waals surface area contributed by atoms with E-state index in [4.69, 9.17) is 14.2 Å². The van der Waals surface area contributed by atoms with Gasteiger partial charge in [-0.25, -0.2) is 0 Å². The maximum atomic E-state index is 12.7. The second-order valence-corrected chi connectivity index (χ2v) is 16.0. The van der Waals surface area contributed by atoms with E-state index in [1.165, 1.54) is 199 Å². The Morgan fingerprint density at radius 3 is 0.981 bits per heavy atom. The Labute approximate surface area is 325 Å². The molecule has 0 radical (unpaired) electrons. The van der Waals surface area contributed by atoms with Gasteiger partial charge in [0.15, 0.2) is 6.10 Å². The Kier molecular flexibility index (Phi) is 43.4. The zero-order valence-electron chi connectivity index (χ0n) is 35.6. The lowest BCUT2D eigenvalue weighted by Gasteiger charge is -2.18. The molecule has 0 aromatic heterocycles. The number of rotatable bonds is 44. The molecule has 310 valence electrons. The van der Waals surface area contributed by atoms with Crippen LogP contribution in [0.3, 0.4) is 0 Å². The highest BCUT2D eigenvalue weighted by Gasteiger charge is 2.17. The van der Waals surface area contributed by atoms with Gasteiger partial charge in [-0.05, 0) is 19.3 Å². The van der Waals surface area contributed by atoms with Crippen molar-refractivity contribution in [3.05, 3.63) is 0 Å². The van der Waals surface area contributed by atoms with Crippen LogP contribution in [0, 0.1) is 0 Å². The minimum atomic E-state index is -0.520. The van der Waals surface area contributed by atoms with Crippen molar-refractivity contribution in [2.24, 2.45) is 0 Å². The van der Waals surface area contributed by atoms with Crippen LogP contribution in [-0.4, -0.2) is 37.9 Å². The van der Waals surface area contributed by atoms with Crippen molar-refractivity contribution in [1.29, 1.82) is 0 Å². The van der Waals surface area contributed by atoms with Gasteiger partial charge in [0.1, 0.15) is 6.61 Å². The molecule has 0 saturated carbocycles. The van der Waals surface area contributed by atoms with Crippen LogP contribution in [-0.2, 0) is 23.8 Å². The van der Waals surface area contributed by atoms with E-state index in [-0.39, 0.29) is 18.5 Å². The first kappa shape index (κ1) is 50.9. The van der Waals surface area contributed by atoms with Crippen molar-refractivity contribution in [3.8, 4) is 0 Å². The Morgan fingerprint density at radius 2 is 0.635 bits per heavy atom. The maximum absolute atomic E-state index is 12.7. The van der Waals surface area contributed by atoms with Gasteiger partial charge in [0, 0.05) is 19.4 Å². The van der Waals surface area contributed by atoms with Gasteiger partial charge in [-0.3, -0.25) is 9.59 Å². The molecule has 52 heavy (non-hydrogen) atoms. The summed E-state index contributed by atoms with van der Waals surface area (Å²) in [6.45, 7) is 7.87. The fraction of sp³-hybridized carbons (Fsp3) is 0.957. The molecule has 5 heteroatoms. The SMILES string of the molecule is CCCCCCCCCCCCCCCC(=O)OCC(COCCCCCCCCCCCC)OC(=O)CCCCCCCCCCCCCCC. The highest BCUT2D eigenvalue weighted by molar-refractivity contribution is 5.70. The molecule has 0 N–H and O–H groups in total. The summed E-state index contributed by atoms with van der Waals surface area (Å²) in [5, 5.41) is 0. The number of esters is 2. The van der Waals surface area contributed by atoms with E-state index in [9.17, 15) is 9.59 Å². The molecule has 0 spiro atoms. The molecule has 0 rings (SSSR count). The van der Waals surface area contributed by atoms with Crippen molar-refractivity contribution in [2.45, 2.75) is 271 Å². The first-order valence-corrected chi connectivity index (χ1v) is 23.6. The largest absolute Gasteiger partial charge is 0.462 e. The van der Waals surface area contributed by atoms with Crippen molar-refractivity contribution >= 4 is 11.9 Å². The molecule has 0 aliphatic carbocycles. The average Bonchev–Trinajstić information content (AvgIpc) is 3.14. The van der Waals surface area contributed by atoms with Gasteiger partial charge in [-0.2, -0.15) is 0 Å². The first-order chi connectivity index (χ1) is 25.6. The third-order valence-corrected chi connectivity index (χ3v) is 10.6. The normalized spacial score (nSPS) is 12.0. The van der Waals surface area contributed by atoms with Crippen molar-refractivity contribution in [2.75, 3.05) is 19.8 Å². The molecule has 1 unspecified atom stereocenters. The van der Waals surface area contributed by atoms with E-state index in [1.807, 2.05) is 0 Å². The average molecular weight is 737 g/mol. The molecule has 1 atom stereocenters. The Hall–Kier alpha value is -1.10. The molecule has 0 aliphatic rings. The summed E-state index contributed by atoms with van der Waals surface area (Å²) < 4.78 is 17.3. The van der Waals surface area contributed by atoms with Crippen molar-refractivity contribution in [3.63, 3.8) is 0 Å². The van der Waals surface area contributed by atoms with Crippen LogP contribution >= 0.6 is 0 Å². The summed E-state index contributed by atoms with van der Waals surface area (Å²) in [5.41, 5.74) is 0. The minimum Gasteiger partial charge on any atom is -0.462 e. The quantitative estimate of drug-likeness (QED) is 0.0460. The highest BCUT2D eigenvalue weighted by atomic mass is 16.6. The monoisotopic (exact) mass is 737 g/mol. The van der Waals surface area contributed by atoms with Crippen molar-refractivity contribution in [1.82, 2.24) is 0 Å². The predicted octanol–water partition coefficient (Wildman–Crippen LogP) is 15.3. The Balaban J connectivity index is 4.17. The fourth-order valence-corrected chi connectivity index (χ4v) is 7.10. The van der Waals surface area contributed by atoms with Crippen LogP contribution < -0.4 is 0 Å². The summed E-state index contributed by atoms with van der Waals surface area (Å²) in [6.07, 6.45) is 46.6. The number of carbonyl (C=O) groups is 2. The van der Waals surface area contributed by atoms with Crippen molar-refractivity contribution < 1.29 is 23.8 Å². The number of hydrogen-bond acceptors (Lipinski definition) is 5. The number of unbranched alkanes of at least 4 members (excludes halogenated alkanes) is 33. The molecule has 0 aromatic rings. The van der Waals surface area contributed by atoms with Crippen LogP contribution in [0.1, 0.15) is 265 Å². The molecular weight excluding hydrogens is 645 g/mol. The molecule has 0 bridgehead atoms. The van der Waals surface area contributed by atoms with E-state index in [2.05, 4.69) is 20.8 Å². The van der Waals surface area contributed by atoms with Gasteiger partial charge in [0.05, 0.1) is 6.61 Å². The fourth-order valence-electron chi connectivity index (χ4n) is 7.10. The van der Waals surface area contributed by atoms with Gasteiger partial charge in [-0.1, -0.05) is 233 Å². The van der Waals surface area contributed by atoms with Gasteiger partial charge < -0.3 is 14.2 Å². The number of carbonyl (C=O) groups excluding carboxylic acids is 2. The summed E-state index contributed by atoms with van der Waals surface area (Å²) >= 11 is 0. The summed E-state index contributed by atoms with van der Waals surface area (Å²) in [7, 11) is 0. The highest BCUT2D eigenvalue weighted by Crippen LogP contribution is 2.16. The third kappa shape index (κ3) is 41.7.